The highest BCUT2D eigenvalue weighted by Crippen LogP contribution is 2.42. The maximum absolute atomic E-state index is 12.1. The number of pyridine rings is 1. The minimum absolute atomic E-state index is 0.0264. The molecule has 3 rings (SSSR count). The number of hydrogen-bond acceptors (Lipinski definition) is 5. The van der Waals surface area contributed by atoms with Crippen LogP contribution in [0, 0.1) is 0 Å². The summed E-state index contributed by atoms with van der Waals surface area (Å²) in [5.41, 5.74) is 4.14. The fourth-order valence-electron chi connectivity index (χ4n) is 3.26. The van der Waals surface area contributed by atoms with Crippen molar-refractivity contribution in [2.45, 2.75) is 30.7 Å². The molecule has 0 spiro atoms. The van der Waals surface area contributed by atoms with Crippen LogP contribution in [0.5, 0.6) is 5.75 Å². The van der Waals surface area contributed by atoms with Crippen LogP contribution in [0.3, 0.4) is 0 Å². The van der Waals surface area contributed by atoms with E-state index in [-0.39, 0.29) is 12.5 Å². The Bertz CT molecular complexity index is 821. The Hall–Kier alpha value is -2.21. The zero-order chi connectivity index (χ0) is 19.6. The fourth-order valence-corrected chi connectivity index (χ4v) is 3.63. The predicted molar refractivity (Wildman–Crippen MR) is 112 cm³/mol. The lowest BCUT2D eigenvalue weighted by Crippen LogP contribution is -2.34. The van der Waals surface area contributed by atoms with Crippen molar-refractivity contribution >= 4 is 23.4 Å². The van der Waals surface area contributed by atoms with Crippen molar-refractivity contribution in [2.24, 2.45) is 0 Å². The van der Waals surface area contributed by atoms with E-state index in [1.165, 1.54) is 5.69 Å². The first kappa shape index (κ1) is 19.5. The van der Waals surface area contributed by atoms with Crippen LogP contribution in [-0.4, -0.2) is 55.8 Å². The van der Waals surface area contributed by atoms with Gasteiger partial charge in [-0.15, -0.1) is 11.8 Å². The van der Waals surface area contributed by atoms with E-state index in [1.54, 1.807) is 30.8 Å². The molecule has 2 heterocycles. The summed E-state index contributed by atoms with van der Waals surface area (Å²) in [6.45, 7) is 2.26. The molecule has 27 heavy (non-hydrogen) atoms. The molecule has 144 valence electrons. The molecule has 1 aliphatic rings. The van der Waals surface area contributed by atoms with Crippen molar-refractivity contribution in [3.8, 4) is 17.0 Å². The van der Waals surface area contributed by atoms with Crippen LogP contribution < -0.4 is 9.64 Å². The molecule has 1 aromatic heterocycles. The molecule has 1 aromatic carbocycles. The number of thioether (sulfide) groups is 1. The number of nitrogens with zero attached hydrogens (tertiary/aromatic N) is 3. The molecular weight excluding hydrogens is 358 g/mol. The normalized spacial score (nSPS) is 16.0. The third kappa shape index (κ3) is 4.05. The SMILES string of the molecule is CSc1ccc(-c2ccc3c(c2OCC(=O)N(C)C)CCC(C)N3C)nc1. The molecule has 1 unspecified atom stereocenters. The van der Waals surface area contributed by atoms with E-state index >= 15 is 0 Å². The average molecular weight is 386 g/mol. The van der Waals surface area contributed by atoms with E-state index in [4.69, 9.17) is 4.74 Å². The van der Waals surface area contributed by atoms with Gasteiger partial charge in [0.05, 0.1) is 5.69 Å². The van der Waals surface area contributed by atoms with Crippen molar-refractivity contribution in [1.29, 1.82) is 0 Å². The number of aromatic nitrogens is 1. The molecule has 5 nitrogen and oxygen atoms in total. The molecule has 0 bridgehead atoms. The number of rotatable bonds is 5. The summed E-state index contributed by atoms with van der Waals surface area (Å²) in [5, 5.41) is 0. The largest absolute Gasteiger partial charge is 0.483 e. The van der Waals surface area contributed by atoms with Crippen molar-refractivity contribution in [3.05, 3.63) is 36.0 Å². The number of hydrogen-bond donors (Lipinski definition) is 0. The number of carbonyl (C=O) groups excluding carboxylic acids is 1. The second-order valence-corrected chi connectivity index (χ2v) is 7.98. The Labute approximate surface area is 165 Å². The smallest absolute Gasteiger partial charge is 0.259 e. The summed E-state index contributed by atoms with van der Waals surface area (Å²) in [5.74, 6) is 0.729. The molecule has 1 atom stereocenters. The first-order valence-electron chi connectivity index (χ1n) is 9.14. The molecule has 0 saturated heterocycles. The molecular formula is C21H27N3O2S. The second kappa shape index (κ2) is 8.21. The van der Waals surface area contributed by atoms with Crippen LogP contribution in [0.25, 0.3) is 11.3 Å². The minimum atomic E-state index is -0.0539. The summed E-state index contributed by atoms with van der Waals surface area (Å²) >= 11 is 1.67. The highest BCUT2D eigenvalue weighted by Gasteiger charge is 2.26. The number of ether oxygens (including phenoxy) is 1. The number of carbonyl (C=O) groups is 1. The molecule has 6 heteroatoms. The monoisotopic (exact) mass is 385 g/mol. The molecule has 0 fully saturated rings. The lowest BCUT2D eigenvalue weighted by atomic mass is 9.93. The minimum Gasteiger partial charge on any atom is -0.483 e. The van der Waals surface area contributed by atoms with Crippen LogP contribution in [0.1, 0.15) is 18.9 Å². The van der Waals surface area contributed by atoms with E-state index in [1.807, 2.05) is 18.5 Å². The van der Waals surface area contributed by atoms with Crippen molar-refractivity contribution in [2.75, 3.05) is 38.9 Å². The zero-order valence-electron chi connectivity index (χ0n) is 16.7. The second-order valence-electron chi connectivity index (χ2n) is 7.10. The highest BCUT2D eigenvalue weighted by molar-refractivity contribution is 7.98. The van der Waals surface area contributed by atoms with Gasteiger partial charge in [0.25, 0.3) is 5.91 Å². The maximum Gasteiger partial charge on any atom is 0.259 e. The van der Waals surface area contributed by atoms with Gasteiger partial charge in [-0.05, 0) is 50.3 Å². The van der Waals surface area contributed by atoms with E-state index in [9.17, 15) is 4.79 Å². The Morgan fingerprint density at radius 3 is 2.74 bits per heavy atom. The van der Waals surface area contributed by atoms with Crippen molar-refractivity contribution < 1.29 is 9.53 Å². The number of likely N-dealkylation sites (N-methyl/N-ethyl adjacent to an activating group) is 1. The van der Waals surface area contributed by atoms with Crippen LogP contribution >= 0.6 is 11.8 Å². The van der Waals surface area contributed by atoms with Crippen molar-refractivity contribution in [1.82, 2.24) is 9.88 Å². The Balaban J connectivity index is 2.04. The average Bonchev–Trinajstić information content (AvgIpc) is 2.68. The maximum atomic E-state index is 12.1. The van der Waals surface area contributed by atoms with Gasteiger partial charge in [0, 0.05) is 55.1 Å². The Morgan fingerprint density at radius 2 is 2.11 bits per heavy atom. The first-order chi connectivity index (χ1) is 12.9. The van der Waals surface area contributed by atoms with Crippen molar-refractivity contribution in [3.63, 3.8) is 0 Å². The number of fused-ring (bicyclic) bond motifs is 1. The van der Waals surface area contributed by atoms with E-state index in [0.717, 1.165) is 40.3 Å². The summed E-state index contributed by atoms with van der Waals surface area (Å²) < 4.78 is 6.09. The molecule has 0 aliphatic carbocycles. The molecule has 2 aromatic rings. The van der Waals surface area contributed by atoms with Crippen LogP contribution in [0.15, 0.2) is 35.4 Å². The van der Waals surface area contributed by atoms with Gasteiger partial charge in [-0.2, -0.15) is 0 Å². The summed E-state index contributed by atoms with van der Waals surface area (Å²) in [7, 11) is 5.60. The molecule has 1 amide bonds. The topological polar surface area (TPSA) is 45.7 Å². The van der Waals surface area contributed by atoms with Gasteiger partial charge in [-0.3, -0.25) is 9.78 Å². The van der Waals surface area contributed by atoms with E-state index in [0.29, 0.717) is 6.04 Å². The van der Waals surface area contributed by atoms with E-state index in [2.05, 4.69) is 42.1 Å². The fraction of sp³-hybridized carbons (Fsp3) is 0.429. The molecule has 1 aliphatic heterocycles. The lowest BCUT2D eigenvalue weighted by Gasteiger charge is -2.35. The molecule has 0 radical (unpaired) electrons. The van der Waals surface area contributed by atoms with Gasteiger partial charge in [-0.25, -0.2) is 0 Å². The lowest BCUT2D eigenvalue weighted by molar-refractivity contribution is -0.130. The summed E-state index contributed by atoms with van der Waals surface area (Å²) in [6, 6.07) is 8.77. The van der Waals surface area contributed by atoms with Crippen LogP contribution in [0.2, 0.25) is 0 Å². The van der Waals surface area contributed by atoms with Crippen LogP contribution in [0.4, 0.5) is 5.69 Å². The third-order valence-electron chi connectivity index (χ3n) is 5.18. The highest BCUT2D eigenvalue weighted by atomic mass is 32.2. The third-order valence-corrected chi connectivity index (χ3v) is 5.89. The summed E-state index contributed by atoms with van der Waals surface area (Å²) in [4.78, 5) is 21.7. The Morgan fingerprint density at radius 1 is 1.33 bits per heavy atom. The van der Waals surface area contributed by atoms with Gasteiger partial charge in [0.2, 0.25) is 0 Å². The van der Waals surface area contributed by atoms with Gasteiger partial charge in [0.1, 0.15) is 5.75 Å². The molecule has 0 saturated carbocycles. The standard InChI is InChI=1S/C21H27N3O2S/c1-14-6-8-17-19(24(14)4)11-9-16(18-10-7-15(27-5)12-22-18)21(17)26-13-20(25)23(2)3/h7,9-12,14H,6,8,13H2,1-5H3. The zero-order valence-corrected chi connectivity index (χ0v) is 17.5. The van der Waals surface area contributed by atoms with Crippen LogP contribution in [-0.2, 0) is 11.2 Å². The predicted octanol–water partition coefficient (Wildman–Crippen LogP) is 3.71. The number of amides is 1. The Kier molecular flexibility index (Phi) is 5.95. The number of benzene rings is 1. The molecule has 0 N–H and O–H groups in total. The summed E-state index contributed by atoms with van der Waals surface area (Å²) in [6.07, 6.45) is 5.91. The van der Waals surface area contributed by atoms with Gasteiger partial charge in [0.15, 0.2) is 6.61 Å². The van der Waals surface area contributed by atoms with Gasteiger partial charge >= 0.3 is 0 Å². The quantitative estimate of drug-likeness (QED) is 0.734. The van der Waals surface area contributed by atoms with Gasteiger partial charge in [-0.1, -0.05) is 0 Å². The van der Waals surface area contributed by atoms with E-state index < -0.39 is 0 Å². The number of anilines is 1. The first-order valence-corrected chi connectivity index (χ1v) is 10.4. The van der Waals surface area contributed by atoms with Gasteiger partial charge < -0.3 is 14.5 Å².